The third kappa shape index (κ3) is 3.62. The Hall–Kier alpha value is -1.72. The van der Waals surface area contributed by atoms with Gasteiger partial charge in [-0.1, -0.05) is 30.3 Å². The molecule has 4 nitrogen and oxygen atoms in total. The quantitative estimate of drug-likeness (QED) is 0.881. The number of methoxy groups -OCH3 is 1. The Morgan fingerprint density at radius 2 is 2.11 bits per heavy atom. The Morgan fingerprint density at radius 3 is 2.74 bits per heavy atom. The second-order valence-electron chi connectivity index (χ2n) is 4.09. The normalized spacial score (nSPS) is 10.6. The number of thiazole rings is 1. The zero-order chi connectivity index (χ0) is 13.7. The molecule has 2 rings (SSSR count). The van der Waals surface area contributed by atoms with Crippen LogP contribution in [0.3, 0.4) is 0 Å². The van der Waals surface area contributed by atoms with Crippen LogP contribution in [-0.4, -0.2) is 29.8 Å². The maximum Gasteiger partial charge on any atom is 0.355 e. The van der Waals surface area contributed by atoms with Gasteiger partial charge in [0.2, 0.25) is 0 Å². The SMILES string of the molecule is COCCc1nc(C(=O)O)c(Cc2ccccc2)s1. The van der Waals surface area contributed by atoms with Crippen LogP contribution in [0.5, 0.6) is 0 Å². The Kier molecular flexibility index (Phi) is 4.65. The van der Waals surface area contributed by atoms with Crippen molar-refractivity contribution >= 4 is 17.3 Å². The largest absolute Gasteiger partial charge is 0.476 e. The Morgan fingerprint density at radius 1 is 1.37 bits per heavy atom. The van der Waals surface area contributed by atoms with E-state index in [2.05, 4.69) is 4.98 Å². The maximum absolute atomic E-state index is 11.2. The molecule has 100 valence electrons. The molecule has 0 aliphatic rings. The summed E-state index contributed by atoms with van der Waals surface area (Å²) in [6.45, 7) is 0.553. The monoisotopic (exact) mass is 277 g/mol. The fourth-order valence-corrected chi connectivity index (χ4v) is 2.84. The number of aromatic nitrogens is 1. The number of rotatable bonds is 6. The van der Waals surface area contributed by atoms with Crippen molar-refractivity contribution in [3.05, 3.63) is 51.5 Å². The number of hydrogen-bond donors (Lipinski definition) is 1. The van der Waals surface area contributed by atoms with Crippen LogP contribution in [0.1, 0.15) is 25.9 Å². The summed E-state index contributed by atoms with van der Waals surface area (Å²) < 4.78 is 4.99. The van der Waals surface area contributed by atoms with Crippen molar-refractivity contribution in [3.8, 4) is 0 Å². The van der Waals surface area contributed by atoms with Gasteiger partial charge in [0.05, 0.1) is 11.6 Å². The van der Waals surface area contributed by atoms with E-state index in [0.717, 1.165) is 15.4 Å². The summed E-state index contributed by atoms with van der Waals surface area (Å²) in [5, 5.41) is 10.0. The fourth-order valence-electron chi connectivity index (χ4n) is 1.76. The average molecular weight is 277 g/mol. The molecule has 1 aromatic carbocycles. The summed E-state index contributed by atoms with van der Waals surface area (Å²) in [5.74, 6) is -0.967. The van der Waals surface area contributed by atoms with Crippen molar-refractivity contribution in [1.29, 1.82) is 0 Å². The first-order valence-corrected chi connectivity index (χ1v) is 6.77. The van der Waals surface area contributed by atoms with Crippen molar-refractivity contribution in [3.63, 3.8) is 0 Å². The zero-order valence-electron chi connectivity index (χ0n) is 10.6. The number of hydrogen-bond acceptors (Lipinski definition) is 4. The molecule has 0 fully saturated rings. The van der Waals surface area contributed by atoms with E-state index in [0.29, 0.717) is 19.4 Å². The summed E-state index contributed by atoms with van der Waals surface area (Å²) in [4.78, 5) is 16.2. The standard InChI is InChI=1S/C14H15NO3S/c1-18-8-7-12-15-13(14(16)17)11(19-12)9-10-5-3-2-4-6-10/h2-6H,7-9H2,1H3,(H,16,17). The number of benzene rings is 1. The lowest BCUT2D eigenvalue weighted by atomic mass is 10.1. The Balaban J connectivity index is 2.22. The predicted molar refractivity (Wildman–Crippen MR) is 73.9 cm³/mol. The minimum Gasteiger partial charge on any atom is -0.476 e. The van der Waals surface area contributed by atoms with Crippen LogP contribution in [0.4, 0.5) is 0 Å². The molecular weight excluding hydrogens is 262 g/mol. The third-order valence-electron chi connectivity index (χ3n) is 2.67. The number of nitrogens with zero attached hydrogens (tertiary/aromatic N) is 1. The molecule has 0 bridgehead atoms. The van der Waals surface area contributed by atoms with Gasteiger partial charge in [-0.25, -0.2) is 9.78 Å². The molecule has 5 heteroatoms. The maximum atomic E-state index is 11.2. The predicted octanol–water partition coefficient (Wildman–Crippen LogP) is 2.62. The molecule has 2 aromatic rings. The molecule has 0 atom stereocenters. The molecule has 1 heterocycles. The highest BCUT2D eigenvalue weighted by atomic mass is 32.1. The van der Waals surface area contributed by atoms with Gasteiger partial charge in [0.15, 0.2) is 5.69 Å². The second-order valence-corrected chi connectivity index (χ2v) is 5.26. The number of aromatic carboxylic acids is 1. The van der Waals surface area contributed by atoms with Crippen LogP contribution in [0.2, 0.25) is 0 Å². The lowest BCUT2D eigenvalue weighted by molar-refractivity contribution is 0.0690. The van der Waals surface area contributed by atoms with Gasteiger partial charge in [-0.05, 0) is 5.56 Å². The van der Waals surface area contributed by atoms with Crippen LogP contribution in [0.25, 0.3) is 0 Å². The molecule has 0 unspecified atom stereocenters. The topological polar surface area (TPSA) is 59.4 Å². The Labute approximate surface area is 115 Å². The van der Waals surface area contributed by atoms with Gasteiger partial charge in [0, 0.05) is 24.8 Å². The van der Waals surface area contributed by atoms with E-state index in [1.165, 1.54) is 11.3 Å². The lowest BCUT2D eigenvalue weighted by Gasteiger charge is -1.98. The summed E-state index contributed by atoms with van der Waals surface area (Å²) in [5.41, 5.74) is 1.26. The van der Waals surface area contributed by atoms with Gasteiger partial charge in [0.1, 0.15) is 0 Å². The van der Waals surface area contributed by atoms with Gasteiger partial charge in [-0.3, -0.25) is 0 Å². The van der Waals surface area contributed by atoms with Crippen molar-refractivity contribution in [2.75, 3.05) is 13.7 Å². The molecular formula is C14H15NO3S. The van der Waals surface area contributed by atoms with Crippen LogP contribution < -0.4 is 0 Å². The van der Waals surface area contributed by atoms with Gasteiger partial charge >= 0.3 is 5.97 Å². The number of carboxylic acids is 1. The number of ether oxygens (including phenoxy) is 1. The molecule has 0 spiro atoms. The van der Waals surface area contributed by atoms with Crippen LogP contribution >= 0.6 is 11.3 Å². The molecule has 0 aliphatic heterocycles. The van der Waals surface area contributed by atoms with E-state index in [9.17, 15) is 9.90 Å². The lowest BCUT2D eigenvalue weighted by Crippen LogP contribution is -2.02. The first kappa shape index (κ1) is 13.7. The second kappa shape index (κ2) is 6.45. The van der Waals surface area contributed by atoms with E-state index in [4.69, 9.17) is 4.74 Å². The zero-order valence-corrected chi connectivity index (χ0v) is 11.4. The molecule has 19 heavy (non-hydrogen) atoms. The highest BCUT2D eigenvalue weighted by Crippen LogP contribution is 2.22. The molecule has 0 saturated heterocycles. The third-order valence-corrected chi connectivity index (χ3v) is 3.79. The molecule has 1 N–H and O–H groups in total. The minimum atomic E-state index is -0.967. The van der Waals surface area contributed by atoms with E-state index in [1.807, 2.05) is 30.3 Å². The van der Waals surface area contributed by atoms with Crippen LogP contribution in [-0.2, 0) is 17.6 Å². The van der Waals surface area contributed by atoms with Gasteiger partial charge < -0.3 is 9.84 Å². The average Bonchev–Trinajstić information content (AvgIpc) is 2.81. The molecule has 0 radical (unpaired) electrons. The van der Waals surface area contributed by atoms with Crippen LogP contribution in [0, 0.1) is 0 Å². The van der Waals surface area contributed by atoms with Gasteiger partial charge in [-0.15, -0.1) is 11.3 Å². The van der Waals surface area contributed by atoms with Crippen molar-refractivity contribution in [2.45, 2.75) is 12.8 Å². The smallest absolute Gasteiger partial charge is 0.355 e. The van der Waals surface area contributed by atoms with Gasteiger partial charge in [0.25, 0.3) is 0 Å². The highest BCUT2D eigenvalue weighted by Gasteiger charge is 2.17. The summed E-state index contributed by atoms with van der Waals surface area (Å²) >= 11 is 1.45. The molecule has 1 aromatic heterocycles. The minimum absolute atomic E-state index is 0.167. The first-order valence-electron chi connectivity index (χ1n) is 5.95. The van der Waals surface area contributed by atoms with Crippen molar-refractivity contribution in [1.82, 2.24) is 4.98 Å². The summed E-state index contributed by atoms with van der Waals surface area (Å²) in [6, 6.07) is 9.81. The van der Waals surface area contributed by atoms with E-state index < -0.39 is 5.97 Å². The summed E-state index contributed by atoms with van der Waals surface area (Å²) in [7, 11) is 1.62. The van der Waals surface area contributed by atoms with Gasteiger partial charge in [-0.2, -0.15) is 0 Å². The van der Waals surface area contributed by atoms with E-state index in [1.54, 1.807) is 7.11 Å². The van der Waals surface area contributed by atoms with E-state index >= 15 is 0 Å². The molecule has 0 saturated carbocycles. The van der Waals surface area contributed by atoms with Crippen molar-refractivity contribution < 1.29 is 14.6 Å². The van der Waals surface area contributed by atoms with E-state index in [-0.39, 0.29) is 5.69 Å². The Bertz CT molecular complexity index is 551. The fraction of sp³-hybridized carbons (Fsp3) is 0.286. The first-order chi connectivity index (χ1) is 9.20. The van der Waals surface area contributed by atoms with Crippen molar-refractivity contribution in [2.24, 2.45) is 0 Å². The molecule has 0 amide bonds. The molecule has 0 aliphatic carbocycles. The summed E-state index contributed by atoms with van der Waals surface area (Å²) in [6.07, 6.45) is 1.25. The number of carbonyl (C=O) groups is 1. The number of carboxylic acid groups (broad SMARTS) is 1. The highest BCUT2D eigenvalue weighted by molar-refractivity contribution is 7.12. The van der Waals surface area contributed by atoms with Crippen LogP contribution in [0.15, 0.2) is 30.3 Å².